The van der Waals surface area contributed by atoms with Crippen LogP contribution in [-0.4, -0.2) is 46.7 Å². The van der Waals surface area contributed by atoms with Crippen LogP contribution in [0.25, 0.3) is 0 Å². The molecule has 0 aromatic heterocycles. The molecular formula is C14H30O8. The zero-order chi connectivity index (χ0) is 16.5. The van der Waals surface area contributed by atoms with Gasteiger partial charge in [0.25, 0.3) is 0 Å². The summed E-state index contributed by atoms with van der Waals surface area (Å²) < 4.78 is 4.95. The van der Waals surface area contributed by atoms with Gasteiger partial charge >= 0.3 is 5.97 Å². The molecule has 0 unspecified atom stereocenters. The van der Waals surface area contributed by atoms with Crippen LogP contribution in [0.5, 0.6) is 0 Å². The van der Waals surface area contributed by atoms with Gasteiger partial charge in [-0.3, -0.25) is 5.26 Å². The highest BCUT2D eigenvalue weighted by molar-refractivity contribution is 4.56. The predicted octanol–water partition coefficient (Wildman–Crippen LogP) is 3.02. The largest absolute Gasteiger partial charge is 0.394 e. The van der Waals surface area contributed by atoms with E-state index in [1.165, 1.54) is 0 Å². The molecule has 0 spiro atoms. The molecule has 0 aliphatic rings. The van der Waals surface area contributed by atoms with Crippen LogP contribution in [0.2, 0.25) is 0 Å². The van der Waals surface area contributed by atoms with Gasteiger partial charge in [0.15, 0.2) is 0 Å². The number of rotatable bonds is 17. The maximum atomic E-state index is 8.75. The number of unbranched alkanes of at least 4 members (excludes halogenated alkanes) is 8. The summed E-state index contributed by atoms with van der Waals surface area (Å²) in [5, 5.41) is 34.3. The number of hydrogen-bond acceptors (Lipinski definition) is 8. The van der Waals surface area contributed by atoms with E-state index in [2.05, 4.69) is 14.7 Å². The quantitative estimate of drug-likeness (QED) is 0.139. The fraction of sp³-hybridized carbons (Fsp3) is 1.00. The van der Waals surface area contributed by atoms with E-state index < -0.39 is 5.97 Å². The Bertz CT molecular complexity index is 223. The zero-order valence-electron chi connectivity index (χ0n) is 13.1. The average molecular weight is 326 g/mol. The lowest BCUT2D eigenvalue weighted by Gasteiger charge is -2.25. The Morgan fingerprint density at radius 3 is 1.59 bits per heavy atom. The Labute approximate surface area is 131 Å². The van der Waals surface area contributed by atoms with Crippen molar-refractivity contribution < 1.29 is 40.3 Å². The van der Waals surface area contributed by atoms with E-state index in [0.717, 1.165) is 51.4 Å². The maximum Gasteiger partial charge on any atom is 0.339 e. The van der Waals surface area contributed by atoms with Crippen LogP contribution in [0.3, 0.4) is 0 Å². The number of ether oxygens (including phenoxy) is 1. The van der Waals surface area contributed by atoms with Crippen molar-refractivity contribution in [2.24, 2.45) is 0 Å². The van der Waals surface area contributed by atoms with Crippen LogP contribution in [-0.2, 0) is 19.4 Å². The molecule has 0 radical (unpaired) electrons. The molecular weight excluding hydrogens is 296 g/mol. The second-order valence-electron chi connectivity index (χ2n) is 5.20. The molecule has 0 amide bonds. The molecule has 0 saturated heterocycles. The molecule has 134 valence electrons. The third kappa shape index (κ3) is 11.3. The minimum atomic E-state index is -1.91. The van der Waals surface area contributed by atoms with Crippen molar-refractivity contribution in [1.82, 2.24) is 0 Å². The molecule has 4 N–H and O–H groups in total. The highest BCUT2D eigenvalue weighted by atomic mass is 17.3. The van der Waals surface area contributed by atoms with Gasteiger partial charge in [0, 0.05) is 6.42 Å². The van der Waals surface area contributed by atoms with Gasteiger partial charge in [-0.15, -0.1) is 0 Å². The summed E-state index contributed by atoms with van der Waals surface area (Å²) in [6.07, 6.45) is 9.26. The summed E-state index contributed by atoms with van der Waals surface area (Å²) in [4.78, 5) is 12.1. The van der Waals surface area contributed by atoms with E-state index in [4.69, 9.17) is 25.6 Å². The summed E-state index contributed by atoms with van der Waals surface area (Å²) >= 11 is 0. The fourth-order valence-electron chi connectivity index (χ4n) is 2.18. The van der Waals surface area contributed by atoms with Crippen LogP contribution in [0, 0.1) is 0 Å². The van der Waals surface area contributed by atoms with Crippen LogP contribution in [0.15, 0.2) is 0 Å². The van der Waals surface area contributed by atoms with E-state index in [0.29, 0.717) is 13.0 Å². The molecule has 0 aliphatic heterocycles. The topological polar surface area (TPSA) is 118 Å². The Morgan fingerprint density at radius 1 is 0.636 bits per heavy atom. The van der Waals surface area contributed by atoms with Crippen molar-refractivity contribution in [2.75, 3.05) is 19.8 Å². The first-order valence-electron chi connectivity index (χ1n) is 7.91. The zero-order valence-corrected chi connectivity index (χ0v) is 13.1. The van der Waals surface area contributed by atoms with Gasteiger partial charge in [0.2, 0.25) is 0 Å². The Kier molecular flexibility index (Phi) is 15.3. The lowest BCUT2D eigenvalue weighted by molar-refractivity contribution is -0.562. The highest BCUT2D eigenvalue weighted by Gasteiger charge is 2.34. The smallest absolute Gasteiger partial charge is 0.339 e. The SMILES string of the molecule is OCCOC(CCCCCCCCCCCOO)(OO)OO. The molecule has 8 heteroatoms. The highest BCUT2D eigenvalue weighted by Crippen LogP contribution is 2.22. The van der Waals surface area contributed by atoms with Crippen LogP contribution < -0.4 is 0 Å². The Morgan fingerprint density at radius 2 is 1.14 bits per heavy atom. The molecule has 0 rings (SSSR count). The van der Waals surface area contributed by atoms with Crippen molar-refractivity contribution in [3.63, 3.8) is 0 Å². The van der Waals surface area contributed by atoms with Gasteiger partial charge in [0.05, 0.1) is 19.8 Å². The molecule has 0 aliphatic carbocycles. The molecule has 22 heavy (non-hydrogen) atoms. The van der Waals surface area contributed by atoms with Crippen molar-refractivity contribution in [3.05, 3.63) is 0 Å². The predicted molar refractivity (Wildman–Crippen MR) is 77.9 cm³/mol. The van der Waals surface area contributed by atoms with E-state index in [1.54, 1.807) is 0 Å². The van der Waals surface area contributed by atoms with Gasteiger partial charge in [0.1, 0.15) is 0 Å². The second kappa shape index (κ2) is 15.6. The van der Waals surface area contributed by atoms with Crippen molar-refractivity contribution in [3.8, 4) is 0 Å². The van der Waals surface area contributed by atoms with Gasteiger partial charge in [-0.25, -0.2) is 15.4 Å². The summed E-state index contributed by atoms with van der Waals surface area (Å²) in [5.74, 6) is -1.91. The van der Waals surface area contributed by atoms with Gasteiger partial charge in [-0.1, -0.05) is 44.9 Å². The molecule has 0 heterocycles. The number of aliphatic hydroxyl groups excluding tert-OH is 1. The lowest BCUT2D eigenvalue weighted by atomic mass is 10.1. The normalized spacial score (nSPS) is 12.0. The molecule has 0 aromatic rings. The molecule has 0 bridgehead atoms. The average Bonchev–Trinajstić information content (AvgIpc) is 2.56. The third-order valence-electron chi connectivity index (χ3n) is 3.41. The molecule has 8 nitrogen and oxygen atoms in total. The van der Waals surface area contributed by atoms with E-state index in [9.17, 15) is 0 Å². The second-order valence-corrected chi connectivity index (χ2v) is 5.20. The van der Waals surface area contributed by atoms with Gasteiger partial charge in [-0.2, -0.15) is 9.78 Å². The first kappa shape index (κ1) is 21.7. The summed E-state index contributed by atoms with van der Waals surface area (Å²) in [5.41, 5.74) is 0. The van der Waals surface area contributed by atoms with Crippen molar-refractivity contribution in [1.29, 1.82) is 0 Å². The van der Waals surface area contributed by atoms with Gasteiger partial charge in [-0.05, 0) is 12.8 Å². The third-order valence-corrected chi connectivity index (χ3v) is 3.41. The molecule has 0 aromatic carbocycles. The summed E-state index contributed by atoms with van der Waals surface area (Å²) in [7, 11) is 0. The first-order valence-corrected chi connectivity index (χ1v) is 7.91. The van der Waals surface area contributed by atoms with Crippen LogP contribution >= 0.6 is 0 Å². The first-order chi connectivity index (χ1) is 10.7. The number of aliphatic hydroxyl groups is 1. The van der Waals surface area contributed by atoms with E-state index in [1.807, 2.05) is 0 Å². The van der Waals surface area contributed by atoms with Crippen LogP contribution in [0.4, 0.5) is 0 Å². The van der Waals surface area contributed by atoms with Crippen molar-refractivity contribution >= 4 is 0 Å². The minimum Gasteiger partial charge on any atom is -0.394 e. The molecule has 0 saturated carbocycles. The summed E-state index contributed by atoms with van der Waals surface area (Å²) in [6.45, 7) is 0.0291. The van der Waals surface area contributed by atoms with Crippen molar-refractivity contribution in [2.45, 2.75) is 70.2 Å². The Balaban J connectivity index is 3.49. The Hall–Kier alpha value is -0.320. The fourth-order valence-corrected chi connectivity index (χ4v) is 2.18. The monoisotopic (exact) mass is 326 g/mol. The van der Waals surface area contributed by atoms with E-state index >= 15 is 0 Å². The van der Waals surface area contributed by atoms with Gasteiger partial charge < -0.3 is 9.84 Å². The van der Waals surface area contributed by atoms with Crippen LogP contribution in [0.1, 0.15) is 64.2 Å². The summed E-state index contributed by atoms with van der Waals surface area (Å²) in [6, 6.07) is 0. The molecule has 0 fully saturated rings. The maximum absolute atomic E-state index is 8.75. The lowest BCUT2D eigenvalue weighted by Crippen LogP contribution is -2.38. The molecule has 0 atom stereocenters. The van der Waals surface area contributed by atoms with E-state index in [-0.39, 0.29) is 19.6 Å². The standard InChI is InChI=1S/C14H30O8/c15-11-13-19-14(21-17,22-18)10-8-6-4-2-1-3-5-7-9-12-20-16/h15-18H,1-13H2. The number of hydrogen-bond donors (Lipinski definition) is 4. The minimum absolute atomic E-state index is 0.109.